The van der Waals surface area contributed by atoms with Crippen molar-refractivity contribution in [2.45, 2.75) is 24.9 Å². The molecule has 2 aromatic rings. The Morgan fingerprint density at radius 3 is 2.95 bits per heavy atom. The highest BCUT2D eigenvalue weighted by Gasteiger charge is 2.16. The first-order valence-electron chi connectivity index (χ1n) is 5.56. The van der Waals surface area contributed by atoms with E-state index in [0.717, 1.165) is 0 Å². The predicted molar refractivity (Wildman–Crippen MR) is 64.6 cm³/mol. The Bertz CT molecular complexity index is 646. The van der Waals surface area contributed by atoms with Crippen molar-refractivity contribution in [3.63, 3.8) is 0 Å². The second-order valence-corrected chi connectivity index (χ2v) is 5.68. The average molecular weight is 286 g/mol. The summed E-state index contributed by atoms with van der Waals surface area (Å²) in [5.41, 5.74) is 0.504. The standard InChI is InChI=1S/C10H14N4O4S/c1-8-4-9(13-18-8)5-12-19(16,17)10-6-11-14(7-10)2-3-15/h4,6-7,12,15H,2-3,5H2,1H3. The molecule has 19 heavy (non-hydrogen) atoms. The number of nitrogens with one attached hydrogen (secondary N) is 1. The maximum Gasteiger partial charge on any atom is 0.244 e. The van der Waals surface area contributed by atoms with E-state index in [2.05, 4.69) is 15.0 Å². The number of aliphatic hydroxyl groups is 1. The molecule has 0 saturated carbocycles. The van der Waals surface area contributed by atoms with Crippen LogP contribution in [0, 0.1) is 6.92 Å². The molecule has 0 radical (unpaired) electrons. The van der Waals surface area contributed by atoms with Gasteiger partial charge in [0.1, 0.15) is 10.7 Å². The summed E-state index contributed by atoms with van der Waals surface area (Å²) in [6.45, 7) is 1.92. The molecular weight excluding hydrogens is 272 g/mol. The minimum atomic E-state index is -3.64. The Morgan fingerprint density at radius 1 is 1.53 bits per heavy atom. The van der Waals surface area contributed by atoms with E-state index >= 15 is 0 Å². The predicted octanol–water partition coefficient (Wildman–Crippen LogP) is -0.350. The van der Waals surface area contributed by atoms with Crippen LogP contribution in [0.25, 0.3) is 0 Å². The van der Waals surface area contributed by atoms with Gasteiger partial charge in [-0.3, -0.25) is 4.68 Å². The number of aryl methyl sites for hydroxylation is 1. The topological polar surface area (TPSA) is 110 Å². The fourth-order valence-electron chi connectivity index (χ4n) is 1.46. The molecule has 0 atom stereocenters. The molecule has 0 aromatic carbocycles. The third kappa shape index (κ3) is 3.40. The van der Waals surface area contributed by atoms with Crippen molar-refractivity contribution in [1.29, 1.82) is 0 Å². The molecule has 2 aromatic heterocycles. The molecule has 0 amide bonds. The third-order valence-electron chi connectivity index (χ3n) is 2.37. The van der Waals surface area contributed by atoms with E-state index in [1.165, 1.54) is 17.1 Å². The van der Waals surface area contributed by atoms with E-state index in [4.69, 9.17) is 9.63 Å². The average Bonchev–Trinajstić information content (AvgIpc) is 2.97. The van der Waals surface area contributed by atoms with Gasteiger partial charge in [-0.05, 0) is 6.92 Å². The molecule has 0 aliphatic carbocycles. The Morgan fingerprint density at radius 2 is 2.32 bits per heavy atom. The summed E-state index contributed by atoms with van der Waals surface area (Å²) in [7, 11) is -3.64. The van der Waals surface area contributed by atoms with Gasteiger partial charge in [-0.1, -0.05) is 5.16 Å². The maximum absolute atomic E-state index is 11.9. The Kier molecular flexibility index (Phi) is 3.98. The molecule has 2 heterocycles. The molecular formula is C10H14N4O4S. The SMILES string of the molecule is Cc1cc(CNS(=O)(=O)c2cnn(CCO)c2)no1. The number of hydrogen-bond donors (Lipinski definition) is 2. The summed E-state index contributed by atoms with van der Waals surface area (Å²) in [6, 6.07) is 1.65. The highest BCUT2D eigenvalue weighted by atomic mass is 32.2. The molecule has 2 rings (SSSR count). The van der Waals surface area contributed by atoms with Gasteiger partial charge in [-0.25, -0.2) is 13.1 Å². The molecule has 0 aliphatic rings. The van der Waals surface area contributed by atoms with Crippen LogP contribution >= 0.6 is 0 Å². The smallest absolute Gasteiger partial charge is 0.244 e. The molecule has 0 bridgehead atoms. The molecule has 0 aliphatic heterocycles. The van der Waals surface area contributed by atoms with Gasteiger partial charge in [-0.2, -0.15) is 5.10 Å². The van der Waals surface area contributed by atoms with Crippen molar-refractivity contribution >= 4 is 10.0 Å². The first-order chi connectivity index (χ1) is 9.01. The van der Waals surface area contributed by atoms with E-state index in [1.54, 1.807) is 13.0 Å². The van der Waals surface area contributed by atoms with Crippen LogP contribution in [0.3, 0.4) is 0 Å². The molecule has 0 unspecified atom stereocenters. The van der Waals surface area contributed by atoms with E-state index < -0.39 is 10.0 Å². The molecule has 8 nitrogen and oxygen atoms in total. The minimum Gasteiger partial charge on any atom is -0.394 e. The van der Waals surface area contributed by atoms with Crippen LogP contribution in [0.1, 0.15) is 11.5 Å². The number of aliphatic hydroxyl groups excluding tert-OH is 1. The van der Waals surface area contributed by atoms with Crippen LogP contribution in [0.15, 0.2) is 27.9 Å². The molecule has 0 fully saturated rings. The van der Waals surface area contributed by atoms with Crippen LogP contribution < -0.4 is 4.72 Å². The maximum atomic E-state index is 11.9. The monoisotopic (exact) mass is 286 g/mol. The summed E-state index contributed by atoms with van der Waals surface area (Å²) in [5.74, 6) is 0.616. The molecule has 2 N–H and O–H groups in total. The molecule has 0 saturated heterocycles. The first kappa shape index (κ1) is 13.7. The highest BCUT2D eigenvalue weighted by molar-refractivity contribution is 7.89. The summed E-state index contributed by atoms with van der Waals surface area (Å²) < 4.78 is 32.5. The quantitative estimate of drug-likeness (QED) is 0.751. The van der Waals surface area contributed by atoms with Crippen LogP contribution in [0.2, 0.25) is 0 Å². The van der Waals surface area contributed by atoms with Crippen LogP contribution in [0.5, 0.6) is 0 Å². The number of rotatable bonds is 6. The van der Waals surface area contributed by atoms with Crippen molar-refractivity contribution in [2.75, 3.05) is 6.61 Å². The van der Waals surface area contributed by atoms with Gasteiger partial charge in [0.2, 0.25) is 10.0 Å². The zero-order valence-corrected chi connectivity index (χ0v) is 11.1. The van der Waals surface area contributed by atoms with Gasteiger partial charge < -0.3 is 9.63 Å². The largest absolute Gasteiger partial charge is 0.394 e. The third-order valence-corrected chi connectivity index (χ3v) is 3.72. The normalized spacial score (nSPS) is 11.9. The fraction of sp³-hybridized carbons (Fsp3) is 0.400. The lowest BCUT2D eigenvalue weighted by Crippen LogP contribution is -2.23. The van der Waals surface area contributed by atoms with E-state index in [-0.39, 0.29) is 24.6 Å². The number of sulfonamides is 1. The Labute approximate surface area is 110 Å². The van der Waals surface area contributed by atoms with E-state index in [1.807, 2.05) is 0 Å². The van der Waals surface area contributed by atoms with Crippen molar-refractivity contribution < 1.29 is 18.0 Å². The van der Waals surface area contributed by atoms with Gasteiger partial charge in [0.05, 0.1) is 31.6 Å². The van der Waals surface area contributed by atoms with Crippen molar-refractivity contribution in [2.24, 2.45) is 0 Å². The van der Waals surface area contributed by atoms with Crippen molar-refractivity contribution in [1.82, 2.24) is 19.7 Å². The zero-order valence-electron chi connectivity index (χ0n) is 10.3. The minimum absolute atomic E-state index is 0.0427. The summed E-state index contributed by atoms with van der Waals surface area (Å²) >= 11 is 0. The molecule has 9 heteroatoms. The van der Waals surface area contributed by atoms with Gasteiger partial charge >= 0.3 is 0 Å². The van der Waals surface area contributed by atoms with Crippen LogP contribution in [0.4, 0.5) is 0 Å². The first-order valence-corrected chi connectivity index (χ1v) is 7.05. The van der Waals surface area contributed by atoms with E-state index in [0.29, 0.717) is 11.5 Å². The number of nitrogens with zero attached hydrogens (tertiary/aromatic N) is 3. The number of hydrogen-bond acceptors (Lipinski definition) is 6. The van der Waals surface area contributed by atoms with Crippen molar-refractivity contribution in [3.05, 3.63) is 29.9 Å². The lowest BCUT2D eigenvalue weighted by Gasteiger charge is -2.01. The van der Waals surface area contributed by atoms with Gasteiger partial charge in [-0.15, -0.1) is 0 Å². The van der Waals surface area contributed by atoms with E-state index in [9.17, 15) is 8.42 Å². The van der Waals surface area contributed by atoms with Gasteiger partial charge in [0, 0.05) is 12.3 Å². The Hall–Kier alpha value is -1.71. The number of aromatic nitrogens is 3. The van der Waals surface area contributed by atoms with Crippen LogP contribution in [-0.4, -0.2) is 35.1 Å². The lowest BCUT2D eigenvalue weighted by molar-refractivity contribution is 0.269. The summed E-state index contributed by atoms with van der Waals surface area (Å²) in [4.78, 5) is 0.0427. The second-order valence-electron chi connectivity index (χ2n) is 3.92. The van der Waals surface area contributed by atoms with Crippen LogP contribution in [-0.2, 0) is 23.1 Å². The molecule has 104 valence electrons. The lowest BCUT2D eigenvalue weighted by atomic mass is 10.4. The Balaban J connectivity index is 2.04. The van der Waals surface area contributed by atoms with Gasteiger partial charge in [0.25, 0.3) is 0 Å². The zero-order chi connectivity index (χ0) is 13.9. The summed E-state index contributed by atoms with van der Waals surface area (Å²) in [6.07, 6.45) is 2.58. The van der Waals surface area contributed by atoms with Gasteiger partial charge in [0.15, 0.2) is 0 Å². The van der Waals surface area contributed by atoms with Crippen molar-refractivity contribution in [3.8, 4) is 0 Å². The second kappa shape index (κ2) is 5.51. The fourth-order valence-corrected chi connectivity index (χ4v) is 2.41. The highest BCUT2D eigenvalue weighted by Crippen LogP contribution is 2.08. The molecule has 0 spiro atoms. The summed E-state index contributed by atoms with van der Waals surface area (Å²) in [5, 5.41) is 16.3.